The van der Waals surface area contributed by atoms with Gasteiger partial charge in [0, 0.05) is 0 Å². The number of carboxylic acid groups (broad SMARTS) is 1. The second-order valence-corrected chi connectivity index (χ2v) is 2.47. The van der Waals surface area contributed by atoms with Crippen LogP contribution in [0.4, 0.5) is 0 Å². The predicted octanol–water partition coefficient (Wildman–Crippen LogP) is 0.676. The van der Waals surface area contributed by atoms with Crippen LogP contribution in [0.2, 0.25) is 0 Å². The molecule has 0 aromatic heterocycles. The zero-order valence-corrected chi connectivity index (χ0v) is 6.21. The van der Waals surface area contributed by atoms with Gasteiger partial charge in [0.2, 0.25) is 0 Å². The van der Waals surface area contributed by atoms with Crippen molar-refractivity contribution >= 4 is 5.97 Å². The van der Waals surface area contributed by atoms with E-state index in [2.05, 4.69) is 17.9 Å². The average Bonchev–Trinajstić information content (AvgIpc) is 2.61. The van der Waals surface area contributed by atoms with E-state index in [0.29, 0.717) is 0 Å². The molecule has 3 heteroatoms. The molecule has 11 heavy (non-hydrogen) atoms. The van der Waals surface area contributed by atoms with Crippen molar-refractivity contribution in [2.45, 2.75) is 12.8 Å². The van der Waals surface area contributed by atoms with Crippen LogP contribution >= 0.6 is 0 Å². The van der Waals surface area contributed by atoms with E-state index < -0.39 is 5.97 Å². The molecule has 0 heterocycles. The van der Waals surface area contributed by atoms with Crippen LogP contribution in [0, 0.1) is 0 Å². The van der Waals surface area contributed by atoms with Gasteiger partial charge in [-0.15, -0.1) is 0 Å². The minimum absolute atomic E-state index is 0.278. The smallest absolute Gasteiger partial charge is 0.317 e. The Morgan fingerprint density at radius 3 is 2.45 bits per heavy atom. The molecule has 2 aliphatic carbocycles. The Hall–Kier alpha value is -1.09. The van der Waals surface area contributed by atoms with E-state index in [1.54, 1.807) is 5.57 Å². The van der Waals surface area contributed by atoms with E-state index in [4.69, 9.17) is 5.11 Å². The van der Waals surface area contributed by atoms with Crippen molar-refractivity contribution in [3.8, 4) is 0 Å². The molecule has 0 spiro atoms. The molecule has 2 rings (SSSR count). The number of carboxylic acids is 1. The van der Waals surface area contributed by atoms with Crippen LogP contribution in [0.3, 0.4) is 0 Å². The molecule has 60 valence electrons. The van der Waals surface area contributed by atoms with Gasteiger partial charge in [-0.2, -0.15) is 0 Å². The van der Waals surface area contributed by atoms with Crippen molar-refractivity contribution in [3.63, 3.8) is 0 Å². The van der Waals surface area contributed by atoms with E-state index in [1.165, 1.54) is 18.4 Å². The van der Waals surface area contributed by atoms with Gasteiger partial charge in [0.25, 0.3) is 0 Å². The third kappa shape index (κ3) is 2.55. The normalized spacial score (nSPS) is 17.2. The van der Waals surface area contributed by atoms with Gasteiger partial charge in [-0.25, -0.2) is 0 Å². The second-order valence-electron chi connectivity index (χ2n) is 2.47. The molecule has 0 radical (unpaired) electrons. The summed E-state index contributed by atoms with van der Waals surface area (Å²) in [6, 6.07) is 0. The Morgan fingerprint density at radius 2 is 2.36 bits per heavy atom. The van der Waals surface area contributed by atoms with Gasteiger partial charge in [-0.1, -0.05) is 12.2 Å². The highest BCUT2D eigenvalue weighted by Gasteiger charge is 2.18. The summed E-state index contributed by atoms with van der Waals surface area (Å²) in [5.41, 5.74) is 7.72. The lowest BCUT2D eigenvalue weighted by Crippen LogP contribution is -2.10. The van der Waals surface area contributed by atoms with E-state index in [1.807, 2.05) is 0 Å². The lowest BCUT2D eigenvalue weighted by Gasteiger charge is -1.73. The van der Waals surface area contributed by atoms with Crippen LogP contribution in [0.1, 0.15) is 12.8 Å². The number of hydrogen-bond donors (Lipinski definition) is 2. The fourth-order valence-electron chi connectivity index (χ4n) is 0.941. The molecular formula is C8H11NO2. The van der Waals surface area contributed by atoms with Crippen LogP contribution in [0.5, 0.6) is 0 Å². The van der Waals surface area contributed by atoms with E-state index >= 15 is 0 Å². The summed E-state index contributed by atoms with van der Waals surface area (Å²) in [6.07, 6.45) is 7.19. The summed E-state index contributed by atoms with van der Waals surface area (Å²) in [5.74, 6) is -0.968. The van der Waals surface area contributed by atoms with Gasteiger partial charge in [-0.05, 0) is 24.0 Å². The van der Waals surface area contributed by atoms with Gasteiger partial charge < -0.3 is 10.8 Å². The second kappa shape index (κ2) is 3.34. The van der Waals surface area contributed by atoms with Gasteiger partial charge in [0.05, 0.1) is 6.54 Å². The van der Waals surface area contributed by atoms with Gasteiger partial charge >= 0.3 is 5.97 Å². The first-order valence-corrected chi connectivity index (χ1v) is 3.57. The van der Waals surface area contributed by atoms with Crippen LogP contribution < -0.4 is 5.73 Å². The summed E-state index contributed by atoms with van der Waals surface area (Å²) < 4.78 is 0. The molecule has 0 aromatic rings. The van der Waals surface area contributed by atoms with E-state index in [0.717, 1.165) is 0 Å². The third-order valence-electron chi connectivity index (χ3n) is 1.57. The molecule has 0 atom stereocenters. The number of fused-ring (bicyclic) bond motifs is 1. The molecule has 0 fully saturated rings. The maximum atomic E-state index is 9.24. The quantitative estimate of drug-likeness (QED) is 0.582. The summed E-state index contributed by atoms with van der Waals surface area (Å²) in [6.45, 7) is -0.278. The zero-order valence-electron chi connectivity index (χ0n) is 6.21. The SMILES string of the molecule is C1=C2C=C2CC1.NCC(=O)O. The summed E-state index contributed by atoms with van der Waals surface area (Å²) >= 11 is 0. The van der Waals surface area contributed by atoms with Crippen molar-refractivity contribution in [3.05, 3.63) is 23.3 Å². The molecule has 0 unspecified atom stereocenters. The van der Waals surface area contributed by atoms with Gasteiger partial charge in [-0.3, -0.25) is 4.79 Å². The summed E-state index contributed by atoms with van der Waals surface area (Å²) in [4.78, 5) is 9.24. The van der Waals surface area contributed by atoms with Crippen molar-refractivity contribution in [1.29, 1.82) is 0 Å². The molecule has 0 aliphatic heterocycles. The van der Waals surface area contributed by atoms with Crippen LogP contribution in [-0.2, 0) is 4.79 Å². The number of allylic oxidation sites excluding steroid dienone is 4. The number of carbonyl (C=O) groups is 1. The molecule has 0 aromatic carbocycles. The number of nitrogens with two attached hydrogens (primary N) is 1. The standard InChI is InChI=1S/C6H6.C2H5NO2/c1-2-5-4-6(5)3-1;3-1-2(4)5/h2,4H,1,3H2;1,3H2,(H,4,5). The van der Waals surface area contributed by atoms with Crippen LogP contribution in [0.25, 0.3) is 0 Å². The average molecular weight is 153 g/mol. The molecular weight excluding hydrogens is 142 g/mol. The first-order chi connectivity index (χ1) is 5.24. The van der Waals surface area contributed by atoms with Gasteiger partial charge in [0.15, 0.2) is 0 Å². The Morgan fingerprint density at radius 1 is 1.73 bits per heavy atom. The largest absolute Gasteiger partial charge is 0.480 e. The lowest BCUT2D eigenvalue weighted by molar-refractivity contribution is -0.135. The first-order valence-electron chi connectivity index (χ1n) is 3.57. The van der Waals surface area contributed by atoms with E-state index in [-0.39, 0.29) is 6.54 Å². The Balaban J connectivity index is 0.000000114. The molecule has 2 aliphatic rings. The van der Waals surface area contributed by atoms with Crippen molar-refractivity contribution < 1.29 is 9.90 Å². The highest BCUT2D eigenvalue weighted by atomic mass is 16.4. The van der Waals surface area contributed by atoms with Crippen molar-refractivity contribution in [2.24, 2.45) is 5.73 Å². The molecule has 0 bridgehead atoms. The molecule has 0 amide bonds. The summed E-state index contributed by atoms with van der Waals surface area (Å²) in [7, 11) is 0. The van der Waals surface area contributed by atoms with Crippen molar-refractivity contribution in [2.75, 3.05) is 6.54 Å². The minimum atomic E-state index is -0.968. The minimum Gasteiger partial charge on any atom is -0.480 e. The lowest BCUT2D eigenvalue weighted by atomic mass is 10.3. The third-order valence-corrected chi connectivity index (χ3v) is 1.57. The van der Waals surface area contributed by atoms with Crippen LogP contribution in [0.15, 0.2) is 23.3 Å². The summed E-state index contributed by atoms with van der Waals surface area (Å²) in [5, 5.41) is 7.60. The number of aliphatic carboxylic acids is 1. The number of hydrogen-bond acceptors (Lipinski definition) is 2. The Kier molecular flexibility index (Phi) is 2.44. The highest BCUT2D eigenvalue weighted by molar-refractivity contribution is 5.68. The fraction of sp³-hybridized carbons (Fsp3) is 0.375. The van der Waals surface area contributed by atoms with Crippen LogP contribution in [-0.4, -0.2) is 17.6 Å². The predicted molar refractivity (Wildman–Crippen MR) is 42.1 cm³/mol. The van der Waals surface area contributed by atoms with Gasteiger partial charge in [0.1, 0.15) is 0 Å². The maximum Gasteiger partial charge on any atom is 0.317 e. The topological polar surface area (TPSA) is 63.3 Å². The van der Waals surface area contributed by atoms with E-state index in [9.17, 15) is 4.79 Å². The maximum absolute atomic E-state index is 9.24. The number of rotatable bonds is 1. The fourth-order valence-corrected chi connectivity index (χ4v) is 0.941. The first kappa shape index (κ1) is 8.01. The zero-order chi connectivity index (χ0) is 8.27. The molecule has 3 N–H and O–H groups in total. The Bertz CT molecular complexity index is 225. The molecule has 3 nitrogen and oxygen atoms in total. The Labute approximate surface area is 65.2 Å². The van der Waals surface area contributed by atoms with Crippen molar-refractivity contribution in [1.82, 2.24) is 0 Å². The molecule has 0 saturated carbocycles. The molecule has 0 saturated heterocycles. The highest BCUT2D eigenvalue weighted by Crippen LogP contribution is 2.37. The monoisotopic (exact) mass is 153 g/mol.